The highest BCUT2D eigenvalue weighted by Gasteiger charge is 2.24. The summed E-state index contributed by atoms with van der Waals surface area (Å²) in [7, 11) is 1.67. The van der Waals surface area contributed by atoms with Crippen LogP contribution < -0.4 is 14.8 Å². The fourth-order valence-electron chi connectivity index (χ4n) is 1.84. The summed E-state index contributed by atoms with van der Waals surface area (Å²) in [5, 5.41) is 3.55. The summed E-state index contributed by atoms with van der Waals surface area (Å²) in [5.41, 5.74) is 0.164. The van der Waals surface area contributed by atoms with Crippen LogP contribution in [0, 0.1) is 5.41 Å². The Morgan fingerprint density at radius 1 is 1.16 bits per heavy atom. The quantitative estimate of drug-likeness (QED) is 0.818. The molecular weight excluding hydrogens is 238 g/mol. The van der Waals surface area contributed by atoms with Crippen LogP contribution in [0.5, 0.6) is 11.5 Å². The summed E-state index contributed by atoms with van der Waals surface area (Å²) < 4.78 is 11.2. The van der Waals surface area contributed by atoms with Gasteiger partial charge in [0.15, 0.2) is 11.5 Å². The van der Waals surface area contributed by atoms with Gasteiger partial charge in [0, 0.05) is 6.04 Å². The Hall–Kier alpha value is -1.22. The summed E-state index contributed by atoms with van der Waals surface area (Å²) in [4.78, 5) is 0. The zero-order valence-electron chi connectivity index (χ0n) is 12.8. The van der Waals surface area contributed by atoms with Crippen molar-refractivity contribution in [3.8, 4) is 11.5 Å². The van der Waals surface area contributed by atoms with Gasteiger partial charge in [-0.15, -0.1) is 0 Å². The second-order valence-electron chi connectivity index (χ2n) is 5.83. The lowest BCUT2D eigenvalue weighted by molar-refractivity contribution is 0.170. The molecule has 19 heavy (non-hydrogen) atoms. The first-order valence-electron chi connectivity index (χ1n) is 6.98. The third-order valence-corrected chi connectivity index (χ3v) is 3.16. The number of methoxy groups -OCH3 is 1. The number of para-hydroxylation sites is 2. The number of hydrogen-bond donors (Lipinski definition) is 1. The molecule has 0 amide bonds. The number of nitrogens with one attached hydrogen (secondary N) is 1. The molecule has 1 aromatic rings. The molecule has 1 rings (SSSR count). The minimum absolute atomic E-state index is 0.164. The van der Waals surface area contributed by atoms with Gasteiger partial charge in [-0.2, -0.15) is 0 Å². The Labute approximate surface area is 117 Å². The average molecular weight is 265 g/mol. The maximum atomic E-state index is 5.93. The molecule has 0 saturated carbocycles. The van der Waals surface area contributed by atoms with Crippen molar-refractivity contribution >= 4 is 0 Å². The van der Waals surface area contributed by atoms with Gasteiger partial charge in [0.1, 0.15) is 6.61 Å². The van der Waals surface area contributed by atoms with E-state index in [1.54, 1.807) is 7.11 Å². The van der Waals surface area contributed by atoms with Crippen LogP contribution in [0.4, 0.5) is 0 Å². The molecule has 0 aliphatic heterocycles. The number of benzene rings is 1. The van der Waals surface area contributed by atoms with Crippen LogP contribution in [0.25, 0.3) is 0 Å². The van der Waals surface area contributed by atoms with Crippen molar-refractivity contribution in [1.82, 2.24) is 5.32 Å². The zero-order valence-corrected chi connectivity index (χ0v) is 12.8. The van der Waals surface area contributed by atoms with Crippen LogP contribution in [0.3, 0.4) is 0 Å². The van der Waals surface area contributed by atoms with E-state index in [1.165, 1.54) is 0 Å². The first-order valence-corrected chi connectivity index (χ1v) is 6.98. The van der Waals surface area contributed by atoms with E-state index < -0.39 is 0 Å². The fourth-order valence-corrected chi connectivity index (χ4v) is 1.84. The van der Waals surface area contributed by atoms with E-state index in [2.05, 4.69) is 33.0 Å². The SMILES string of the molecule is CCCNC(COc1ccccc1OC)C(C)(C)C. The molecular formula is C16H27NO2. The fraction of sp³-hybridized carbons (Fsp3) is 0.625. The summed E-state index contributed by atoms with van der Waals surface area (Å²) in [6, 6.07) is 8.09. The van der Waals surface area contributed by atoms with Gasteiger partial charge < -0.3 is 14.8 Å². The van der Waals surface area contributed by atoms with Gasteiger partial charge in [-0.05, 0) is 30.5 Å². The molecule has 0 aliphatic rings. The molecule has 0 saturated heterocycles. The predicted molar refractivity (Wildman–Crippen MR) is 80.0 cm³/mol. The molecule has 0 aromatic heterocycles. The van der Waals surface area contributed by atoms with Gasteiger partial charge in [0.2, 0.25) is 0 Å². The molecule has 1 atom stereocenters. The molecule has 1 aromatic carbocycles. The highest BCUT2D eigenvalue weighted by molar-refractivity contribution is 5.39. The van der Waals surface area contributed by atoms with Gasteiger partial charge in [0.05, 0.1) is 7.11 Å². The van der Waals surface area contributed by atoms with Gasteiger partial charge in [-0.1, -0.05) is 39.8 Å². The van der Waals surface area contributed by atoms with Gasteiger partial charge in [0.25, 0.3) is 0 Å². The Kier molecular flexibility index (Phi) is 6.16. The number of ether oxygens (including phenoxy) is 2. The molecule has 0 heterocycles. The molecule has 108 valence electrons. The molecule has 0 aliphatic carbocycles. The smallest absolute Gasteiger partial charge is 0.161 e. The van der Waals surface area contributed by atoms with E-state index in [0.717, 1.165) is 24.5 Å². The minimum atomic E-state index is 0.164. The Bertz CT molecular complexity index is 371. The normalized spacial score (nSPS) is 13.1. The van der Waals surface area contributed by atoms with Crippen molar-refractivity contribution in [2.75, 3.05) is 20.3 Å². The summed E-state index contributed by atoms with van der Waals surface area (Å²) >= 11 is 0. The van der Waals surface area contributed by atoms with E-state index >= 15 is 0 Å². The van der Waals surface area contributed by atoms with Crippen LogP contribution in [0.15, 0.2) is 24.3 Å². The molecule has 1 N–H and O–H groups in total. The van der Waals surface area contributed by atoms with Crippen molar-refractivity contribution in [2.45, 2.75) is 40.2 Å². The third kappa shape index (κ3) is 5.11. The van der Waals surface area contributed by atoms with Gasteiger partial charge in [-0.3, -0.25) is 0 Å². The van der Waals surface area contributed by atoms with Crippen molar-refractivity contribution in [1.29, 1.82) is 0 Å². The second kappa shape index (κ2) is 7.39. The Balaban J connectivity index is 2.65. The lowest BCUT2D eigenvalue weighted by atomic mass is 9.87. The van der Waals surface area contributed by atoms with E-state index in [0.29, 0.717) is 12.6 Å². The second-order valence-corrected chi connectivity index (χ2v) is 5.83. The highest BCUT2D eigenvalue weighted by Crippen LogP contribution is 2.27. The van der Waals surface area contributed by atoms with E-state index in [9.17, 15) is 0 Å². The summed E-state index contributed by atoms with van der Waals surface area (Å²) in [6.45, 7) is 10.5. The molecule has 0 spiro atoms. The standard InChI is InChI=1S/C16H27NO2/c1-6-11-17-15(16(2,3)4)12-19-14-10-8-7-9-13(14)18-5/h7-10,15,17H,6,11-12H2,1-5H3. The molecule has 0 bridgehead atoms. The largest absolute Gasteiger partial charge is 0.493 e. The van der Waals surface area contributed by atoms with E-state index in [-0.39, 0.29) is 5.41 Å². The monoisotopic (exact) mass is 265 g/mol. The first kappa shape index (κ1) is 15.8. The average Bonchev–Trinajstić information content (AvgIpc) is 2.37. The lowest BCUT2D eigenvalue weighted by Crippen LogP contribution is -2.45. The predicted octanol–water partition coefficient (Wildman–Crippen LogP) is 3.49. The topological polar surface area (TPSA) is 30.5 Å². The van der Waals surface area contributed by atoms with Crippen molar-refractivity contribution in [3.05, 3.63) is 24.3 Å². The zero-order chi connectivity index (χ0) is 14.3. The summed E-state index contributed by atoms with van der Waals surface area (Å²) in [6.07, 6.45) is 1.13. The van der Waals surface area contributed by atoms with Crippen LogP contribution in [-0.2, 0) is 0 Å². The number of rotatable bonds is 7. The summed E-state index contributed by atoms with van der Waals surface area (Å²) in [5.74, 6) is 1.59. The molecule has 1 unspecified atom stereocenters. The van der Waals surface area contributed by atoms with Crippen LogP contribution >= 0.6 is 0 Å². The third-order valence-electron chi connectivity index (χ3n) is 3.16. The minimum Gasteiger partial charge on any atom is -0.493 e. The van der Waals surface area contributed by atoms with E-state index in [4.69, 9.17) is 9.47 Å². The van der Waals surface area contributed by atoms with E-state index in [1.807, 2.05) is 24.3 Å². The molecule has 0 radical (unpaired) electrons. The highest BCUT2D eigenvalue weighted by atomic mass is 16.5. The number of hydrogen-bond acceptors (Lipinski definition) is 3. The maximum Gasteiger partial charge on any atom is 0.161 e. The Morgan fingerprint density at radius 2 is 1.79 bits per heavy atom. The molecule has 0 fully saturated rings. The van der Waals surface area contributed by atoms with Crippen LogP contribution in [0.1, 0.15) is 34.1 Å². The van der Waals surface area contributed by atoms with Gasteiger partial charge in [-0.25, -0.2) is 0 Å². The van der Waals surface area contributed by atoms with Crippen molar-refractivity contribution in [2.24, 2.45) is 5.41 Å². The van der Waals surface area contributed by atoms with Crippen molar-refractivity contribution < 1.29 is 9.47 Å². The van der Waals surface area contributed by atoms with Crippen LogP contribution in [0.2, 0.25) is 0 Å². The Morgan fingerprint density at radius 3 is 2.32 bits per heavy atom. The molecule has 3 heteroatoms. The van der Waals surface area contributed by atoms with Crippen molar-refractivity contribution in [3.63, 3.8) is 0 Å². The van der Waals surface area contributed by atoms with Crippen LogP contribution in [-0.4, -0.2) is 26.3 Å². The van der Waals surface area contributed by atoms with Gasteiger partial charge >= 0.3 is 0 Å². The lowest BCUT2D eigenvalue weighted by Gasteiger charge is -2.31. The maximum absolute atomic E-state index is 5.93. The first-order chi connectivity index (χ1) is 8.99. The molecule has 3 nitrogen and oxygen atoms in total.